The van der Waals surface area contributed by atoms with Gasteiger partial charge in [-0.05, 0) is 30.9 Å². The van der Waals surface area contributed by atoms with Crippen molar-refractivity contribution in [2.45, 2.75) is 44.9 Å². The molecule has 1 fully saturated rings. The minimum absolute atomic E-state index is 0.0943. The summed E-state index contributed by atoms with van der Waals surface area (Å²) >= 11 is 0. The van der Waals surface area contributed by atoms with Gasteiger partial charge in [-0.25, -0.2) is 0 Å². The maximum Gasteiger partial charge on any atom is 0.269 e. The average molecular weight is 275 g/mol. The Morgan fingerprint density at radius 1 is 1.25 bits per heavy atom. The van der Waals surface area contributed by atoms with Gasteiger partial charge in [0.05, 0.1) is 10.6 Å². The van der Waals surface area contributed by atoms with Gasteiger partial charge in [0.2, 0.25) is 0 Å². The second kappa shape index (κ2) is 7.62. The quantitative estimate of drug-likeness (QED) is 0.476. The fourth-order valence-corrected chi connectivity index (χ4v) is 2.63. The van der Waals surface area contributed by atoms with Gasteiger partial charge in [-0.1, -0.05) is 32.1 Å². The Balaban J connectivity index is 1.68. The molecule has 1 aliphatic carbocycles. The molecule has 0 bridgehead atoms. The zero-order valence-corrected chi connectivity index (χ0v) is 11.6. The minimum Gasteiger partial charge on any atom is -0.279 e. The van der Waals surface area contributed by atoms with Crippen LogP contribution in [-0.2, 0) is 0 Å². The maximum atomic E-state index is 10.5. The van der Waals surface area contributed by atoms with Crippen LogP contribution < -0.4 is 5.43 Å². The molecule has 0 atom stereocenters. The van der Waals surface area contributed by atoms with Crippen molar-refractivity contribution >= 4 is 17.6 Å². The van der Waals surface area contributed by atoms with Crippen molar-refractivity contribution in [2.24, 2.45) is 11.0 Å². The van der Waals surface area contributed by atoms with Gasteiger partial charge in [-0.2, -0.15) is 5.10 Å². The minimum atomic E-state index is -0.406. The smallest absolute Gasteiger partial charge is 0.269 e. The monoisotopic (exact) mass is 275 g/mol. The number of non-ortho nitro benzene ring substituents is 1. The summed E-state index contributed by atoms with van der Waals surface area (Å²) in [6, 6.07) is 6.27. The molecule has 1 saturated carbocycles. The predicted octanol–water partition coefficient (Wildman–Crippen LogP) is 4.35. The third-order valence-corrected chi connectivity index (χ3v) is 3.79. The van der Waals surface area contributed by atoms with Crippen molar-refractivity contribution in [1.82, 2.24) is 0 Å². The van der Waals surface area contributed by atoms with E-state index in [4.69, 9.17) is 0 Å². The molecule has 20 heavy (non-hydrogen) atoms. The number of hydrogen-bond donors (Lipinski definition) is 1. The number of benzene rings is 1. The van der Waals surface area contributed by atoms with Crippen LogP contribution in [0.3, 0.4) is 0 Å². The molecule has 0 unspecified atom stereocenters. The summed E-state index contributed by atoms with van der Waals surface area (Å²) in [5, 5.41) is 14.7. The molecular formula is C15H21N3O2. The molecular weight excluding hydrogens is 254 g/mol. The highest BCUT2D eigenvalue weighted by Gasteiger charge is 2.11. The number of anilines is 1. The van der Waals surface area contributed by atoms with Crippen LogP contribution in [-0.4, -0.2) is 11.1 Å². The van der Waals surface area contributed by atoms with E-state index in [0.717, 1.165) is 18.0 Å². The Morgan fingerprint density at radius 3 is 2.60 bits per heavy atom. The summed E-state index contributed by atoms with van der Waals surface area (Å²) in [6.45, 7) is 0. The molecule has 0 spiro atoms. The Morgan fingerprint density at radius 2 is 1.95 bits per heavy atom. The lowest BCUT2D eigenvalue weighted by molar-refractivity contribution is -0.384. The fraction of sp³-hybridized carbons (Fsp3) is 0.533. The molecule has 5 nitrogen and oxygen atoms in total. The second-order valence-corrected chi connectivity index (χ2v) is 5.31. The maximum absolute atomic E-state index is 10.5. The fourth-order valence-electron chi connectivity index (χ4n) is 2.63. The van der Waals surface area contributed by atoms with Crippen LogP contribution in [0.1, 0.15) is 44.9 Å². The first kappa shape index (κ1) is 14.5. The molecule has 2 rings (SSSR count). The van der Waals surface area contributed by atoms with Gasteiger partial charge in [-0.15, -0.1) is 0 Å². The van der Waals surface area contributed by atoms with Crippen molar-refractivity contribution in [3.8, 4) is 0 Å². The standard InChI is InChI=1S/C15H21N3O2/c19-18(20)15-10-8-14(9-11-15)17-16-12-4-7-13-5-2-1-3-6-13/h8-13,17H,1-7H2/b16-12-. The molecule has 0 amide bonds. The van der Waals surface area contributed by atoms with Gasteiger partial charge in [0.15, 0.2) is 0 Å². The van der Waals surface area contributed by atoms with Gasteiger partial charge in [0, 0.05) is 18.3 Å². The van der Waals surface area contributed by atoms with Crippen LogP contribution in [0, 0.1) is 16.0 Å². The first-order valence-corrected chi connectivity index (χ1v) is 7.27. The molecule has 0 radical (unpaired) electrons. The van der Waals surface area contributed by atoms with Crippen molar-refractivity contribution in [1.29, 1.82) is 0 Å². The van der Waals surface area contributed by atoms with Crippen molar-refractivity contribution in [3.63, 3.8) is 0 Å². The van der Waals surface area contributed by atoms with Gasteiger partial charge in [0.25, 0.3) is 5.69 Å². The highest BCUT2D eigenvalue weighted by molar-refractivity contribution is 5.59. The van der Waals surface area contributed by atoms with Crippen LogP contribution in [0.15, 0.2) is 29.4 Å². The summed E-state index contributed by atoms with van der Waals surface area (Å²) in [5.74, 6) is 0.870. The number of rotatable bonds is 6. The first-order chi connectivity index (χ1) is 9.75. The number of nitrogens with one attached hydrogen (secondary N) is 1. The highest BCUT2D eigenvalue weighted by Crippen LogP contribution is 2.26. The molecule has 0 saturated heterocycles. The summed E-state index contributed by atoms with van der Waals surface area (Å²) < 4.78 is 0. The zero-order chi connectivity index (χ0) is 14.2. The van der Waals surface area contributed by atoms with Crippen LogP contribution in [0.4, 0.5) is 11.4 Å². The molecule has 1 aromatic rings. The molecule has 1 N–H and O–H groups in total. The lowest BCUT2D eigenvalue weighted by atomic mass is 9.86. The van der Waals surface area contributed by atoms with E-state index in [1.54, 1.807) is 12.1 Å². The van der Waals surface area contributed by atoms with Crippen molar-refractivity contribution in [3.05, 3.63) is 34.4 Å². The Bertz CT molecular complexity index is 451. The lowest BCUT2D eigenvalue weighted by Crippen LogP contribution is -2.06. The number of nitro groups is 1. The molecule has 5 heteroatoms. The normalized spacial score (nSPS) is 16.4. The molecule has 1 aromatic carbocycles. The van der Waals surface area contributed by atoms with Gasteiger partial charge in [-0.3, -0.25) is 15.5 Å². The molecule has 108 valence electrons. The number of hydrogen-bond acceptors (Lipinski definition) is 4. The van der Waals surface area contributed by atoms with Crippen molar-refractivity contribution < 1.29 is 4.92 Å². The number of nitrogens with zero attached hydrogens (tertiary/aromatic N) is 2. The first-order valence-electron chi connectivity index (χ1n) is 7.27. The predicted molar refractivity (Wildman–Crippen MR) is 81.0 cm³/mol. The average Bonchev–Trinajstić information content (AvgIpc) is 2.48. The molecule has 0 heterocycles. The van der Waals surface area contributed by atoms with Crippen LogP contribution in [0.25, 0.3) is 0 Å². The van der Waals surface area contributed by atoms with E-state index in [1.807, 2.05) is 6.21 Å². The summed E-state index contributed by atoms with van der Waals surface area (Å²) in [5.41, 5.74) is 3.76. The lowest BCUT2D eigenvalue weighted by Gasteiger charge is -2.20. The third-order valence-electron chi connectivity index (χ3n) is 3.79. The molecule has 0 aromatic heterocycles. The summed E-state index contributed by atoms with van der Waals surface area (Å²) in [4.78, 5) is 10.1. The van der Waals surface area contributed by atoms with Crippen molar-refractivity contribution in [2.75, 3.05) is 5.43 Å². The number of hydrazone groups is 1. The number of nitro benzene ring substituents is 1. The van der Waals surface area contributed by atoms with Crippen LogP contribution in [0.5, 0.6) is 0 Å². The van der Waals surface area contributed by atoms with E-state index < -0.39 is 4.92 Å². The third kappa shape index (κ3) is 4.64. The van der Waals surface area contributed by atoms with E-state index in [-0.39, 0.29) is 5.69 Å². The SMILES string of the molecule is O=[N+]([O-])c1ccc(N/N=C\CCC2CCCCC2)cc1. The Labute approximate surface area is 119 Å². The van der Waals surface area contributed by atoms with E-state index >= 15 is 0 Å². The van der Waals surface area contributed by atoms with Crippen LogP contribution >= 0.6 is 0 Å². The Hall–Kier alpha value is -1.91. The van der Waals surface area contributed by atoms with Gasteiger partial charge < -0.3 is 0 Å². The zero-order valence-electron chi connectivity index (χ0n) is 11.6. The van der Waals surface area contributed by atoms with E-state index in [9.17, 15) is 10.1 Å². The second-order valence-electron chi connectivity index (χ2n) is 5.31. The highest BCUT2D eigenvalue weighted by atomic mass is 16.6. The van der Waals surface area contributed by atoms with Gasteiger partial charge in [0.1, 0.15) is 0 Å². The summed E-state index contributed by atoms with van der Waals surface area (Å²) in [7, 11) is 0. The van der Waals surface area contributed by atoms with Crippen LogP contribution in [0.2, 0.25) is 0 Å². The Kier molecular flexibility index (Phi) is 5.53. The molecule has 0 aliphatic heterocycles. The molecule has 1 aliphatic rings. The van der Waals surface area contributed by atoms with Gasteiger partial charge >= 0.3 is 0 Å². The largest absolute Gasteiger partial charge is 0.279 e. The van der Waals surface area contributed by atoms with E-state index in [0.29, 0.717) is 0 Å². The topological polar surface area (TPSA) is 67.5 Å². The van der Waals surface area contributed by atoms with E-state index in [1.165, 1.54) is 50.7 Å². The van der Waals surface area contributed by atoms with E-state index in [2.05, 4.69) is 10.5 Å². The summed E-state index contributed by atoms with van der Waals surface area (Å²) in [6.07, 6.45) is 11.0.